The molecular formula is C12H24N2O2. The molecule has 1 saturated carbocycles. The van der Waals surface area contributed by atoms with Crippen molar-refractivity contribution in [2.45, 2.75) is 45.6 Å². The van der Waals surface area contributed by atoms with Crippen molar-refractivity contribution < 1.29 is 9.90 Å². The van der Waals surface area contributed by atoms with Crippen molar-refractivity contribution in [3.8, 4) is 0 Å². The van der Waals surface area contributed by atoms with Crippen molar-refractivity contribution in [2.24, 2.45) is 17.1 Å². The van der Waals surface area contributed by atoms with E-state index in [0.29, 0.717) is 18.9 Å². The number of carbonyl (C=O) groups excluding carboxylic acids is 1. The van der Waals surface area contributed by atoms with Crippen molar-refractivity contribution in [1.29, 1.82) is 0 Å². The molecule has 0 aromatic heterocycles. The zero-order chi connectivity index (χ0) is 12.2. The molecule has 1 unspecified atom stereocenters. The summed E-state index contributed by atoms with van der Waals surface area (Å²) in [4.78, 5) is 12.1. The van der Waals surface area contributed by atoms with Gasteiger partial charge in [0.25, 0.3) is 0 Å². The highest BCUT2D eigenvalue weighted by Gasteiger charge is 2.43. The minimum absolute atomic E-state index is 0.0570. The number of rotatable bonds is 6. The summed E-state index contributed by atoms with van der Waals surface area (Å²) in [6.07, 6.45) is 3.51. The number of carbonyl (C=O) groups is 1. The lowest BCUT2D eigenvalue weighted by atomic mass is 9.68. The average molecular weight is 228 g/mol. The van der Waals surface area contributed by atoms with E-state index in [-0.39, 0.29) is 24.0 Å². The number of hydrogen-bond acceptors (Lipinski definition) is 3. The van der Waals surface area contributed by atoms with Crippen molar-refractivity contribution in [3.05, 3.63) is 0 Å². The minimum Gasteiger partial charge on any atom is -0.396 e. The first-order chi connectivity index (χ1) is 7.55. The molecule has 4 nitrogen and oxygen atoms in total. The number of hydrogen-bond donors (Lipinski definition) is 3. The summed E-state index contributed by atoms with van der Waals surface area (Å²) in [6, 6.07) is 0.0570. The van der Waals surface area contributed by atoms with E-state index in [9.17, 15) is 4.79 Å². The number of aliphatic hydroxyl groups is 1. The van der Waals surface area contributed by atoms with E-state index < -0.39 is 0 Å². The van der Waals surface area contributed by atoms with Crippen molar-refractivity contribution in [1.82, 2.24) is 5.32 Å². The molecule has 1 fully saturated rings. The number of amides is 1. The Labute approximate surface area is 97.6 Å². The van der Waals surface area contributed by atoms with Gasteiger partial charge < -0.3 is 16.2 Å². The first kappa shape index (κ1) is 13.5. The fourth-order valence-electron chi connectivity index (χ4n) is 2.16. The van der Waals surface area contributed by atoms with Gasteiger partial charge in [-0.2, -0.15) is 0 Å². The summed E-state index contributed by atoms with van der Waals surface area (Å²) in [7, 11) is 0. The van der Waals surface area contributed by atoms with Gasteiger partial charge in [-0.3, -0.25) is 4.79 Å². The Morgan fingerprint density at radius 1 is 1.50 bits per heavy atom. The normalized spacial score (nSPS) is 20.3. The maximum atomic E-state index is 12.1. The summed E-state index contributed by atoms with van der Waals surface area (Å²) in [6.45, 7) is 4.65. The third kappa shape index (κ3) is 2.74. The second-order valence-electron chi connectivity index (χ2n) is 5.17. The quantitative estimate of drug-likeness (QED) is 0.624. The second-order valence-corrected chi connectivity index (χ2v) is 5.17. The standard InChI is InChI=1S/C12H24N2O2/c1-9(2)10(4-7-15)14-11(16)12(8-13)5-3-6-12/h9-10,15H,3-8,13H2,1-2H3,(H,14,16). The third-order valence-corrected chi connectivity index (χ3v) is 3.74. The molecule has 0 aromatic rings. The van der Waals surface area contributed by atoms with E-state index in [1.807, 2.05) is 0 Å². The number of nitrogens with two attached hydrogens (primary N) is 1. The second kappa shape index (κ2) is 5.64. The Morgan fingerprint density at radius 3 is 2.44 bits per heavy atom. The van der Waals surface area contributed by atoms with E-state index in [4.69, 9.17) is 10.8 Å². The molecule has 0 aromatic carbocycles. The Balaban J connectivity index is 2.53. The Kier molecular flexibility index (Phi) is 4.74. The predicted octanol–water partition coefficient (Wildman–Crippen LogP) is 0.639. The van der Waals surface area contributed by atoms with Crippen LogP contribution in [0.5, 0.6) is 0 Å². The van der Waals surface area contributed by atoms with Crippen LogP contribution in [0.15, 0.2) is 0 Å². The molecule has 1 aliphatic rings. The molecule has 1 amide bonds. The van der Waals surface area contributed by atoms with Crippen LogP contribution < -0.4 is 11.1 Å². The predicted molar refractivity (Wildman–Crippen MR) is 63.8 cm³/mol. The van der Waals surface area contributed by atoms with Crippen LogP contribution >= 0.6 is 0 Å². The van der Waals surface area contributed by atoms with Crippen LogP contribution in [-0.4, -0.2) is 30.2 Å². The lowest BCUT2D eigenvalue weighted by Gasteiger charge is -2.40. The third-order valence-electron chi connectivity index (χ3n) is 3.74. The van der Waals surface area contributed by atoms with Gasteiger partial charge >= 0.3 is 0 Å². The van der Waals surface area contributed by atoms with Crippen molar-refractivity contribution >= 4 is 5.91 Å². The van der Waals surface area contributed by atoms with Gasteiger partial charge in [-0.1, -0.05) is 20.3 Å². The molecule has 4 N–H and O–H groups in total. The van der Waals surface area contributed by atoms with Crippen LogP contribution in [0.25, 0.3) is 0 Å². The zero-order valence-corrected chi connectivity index (χ0v) is 10.3. The highest BCUT2D eigenvalue weighted by molar-refractivity contribution is 5.84. The maximum Gasteiger partial charge on any atom is 0.227 e. The number of nitrogens with one attached hydrogen (secondary N) is 1. The summed E-state index contributed by atoms with van der Waals surface area (Å²) in [5.74, 6) is 0.416. The maximum absolute atomic E-state index is 12.1. The van der Waals surface area contributed by atoms with E-state index in [1.54, 1.807) is 0 Å². The number of aliphatic hydroxyl groups excluding tert-OH is 1. The van der Waals surface area contributed by atoms with Crippen LogP contribution in [0.4, 0.5) is 0 Å². The van der Waals surface area contributed by atoms with Crippen LogP contribution in [0.3, 0.4) is 0 Å². The Hall–Kier alpha value is -0.610. The zero-order valence-electron chi connectivity index (χ0n) is 10.3. The fourth-order valence-corrected chi connectivity index (χ4v) is 2.16. The molecule has 94 valence electrons. The lowest BCUT2D eigenvalue weighted by Crippen LogP contribution is -2.53. The van der Waals surface area contributed by atoms with E-state index >= 15 is 0 Å². The highest BCUT2D eigenvalue weighted by atomic mass is 16.3. The van der Waals surface area contributed by atoms with Gasteiger partial charge in [-0.15, -0.1) is 0 Å². The first-order valence-electron chi connectivity index (χ1n) is 6.17. The molecule has 1 aliphatic carbocycles. The minimum atomic E-state index is -0.317. The topological polar surface area (TPSA) is 75.3 Å². The van der Waals surface area contributed by atoms with E-state index in [1.165, 1.54) is 0 Å². The fraction of sp³-hybridized carbons (Fsp3) is 0.917. The molecule has 0 spiro atoms. The van der Waals surface area contributed by atoms with Gasteiger partial charge in [0.05, 0.1) is 5.41 Å². The van der Waals surface area contributed by atoms with Gasteiger partial charge in [0.1, 0.15) is 0 Å². The molecule has 0 saturated heterocycles. The smallest absolute Gasteiger partial charge is 0.227 e. The van der Waals surface area contributed by atoms with Crippen LogP contribution in [0.1, 0.15) is 39.5 Å². The molecule has 16 heavy (non-hydrogen) atoms. The van der Waals surface area contributed by atoms with E-state index in [2.05, 4.69) is 19.2 Å². The first-order valence-corrected chi connectivity index (χ1v) is 6.17. The van der Waals surface area contributed by atoms with Gasteiger partial charge in [-0.05, 0) is 25.2 Å². The highest BCUT2D eigenvalue weighted by Crippen LogP contribution is 2.40. The molecule has 4 heteroatoms. The van der Waals surface area contributed by atoms with Gasteiger partial charge in [0, 0.05) is 19.2 Å². The Bertz CT molecular complexity index is 232. The molecular weight excluding hydrogens is 204 g/mol. The van der Waals surface area contributed by atoms with Crippen molar-refractivity contribution in [3.63, 3.8) is 0 Å². The van der Waals surface area contributed by atoms with E-state index in [0.717, 1.165) is 19.3 Å². The molecule has 0 radical (unpaired) electrons. The molecule has 1 rings (SSSR count). The summed E-state index contributed by atoms with van der Waals surface area (Å²) in [5, 5.41) is 12.0. The molecule has 0 bridgehead atoms. The summed E-state index contributed by atoms with van der Waals surface area (Å²) in [5.41, 5.74) is 5.37. The molecule has 1 atom stereocenters. The SMILES string of the molecule is CC(C)C(CCO)NC(=O)C1(CN)CCC1. The van der Waals surface area contributed by atoms with Crippen LogP contribution in [-0.2, 0) is 4.79 Å². The summed E-state index contributed by atoms with van der Waals surface area (Å²) >= 11 is 0. The van der Waals surface area contributed by atoms with Gasteiger partial charge in [-0.25, -0.2) is 0 Å². The van der Waals surface area contributed by atoms with Crippen LogP contribution in [0, 0.1) is 11.3 Å². The molecule has 0 heterocycles. The Morgan fingerprint density at radius 2 is 2.12 bits per heavy atom. The summed E-state index contributed by atoms with van der Waals surface area (Å²) < 4.78 is 0. The molecule has 0 aliphatic heterocycles. The largest absolute Gasteiger partial charge is 0.396 e. The lowest BCUT2D eigenvalue weighted by molar-refractivity contribution is -0.136. The average Bonchev–Trinajstić information content (AvgIpc) is 2.16. The van der Waals surface area contributed by atoms with Gasteiger partial charge in [0.2, 0.25) is 5.91 Å². The monoisotopic (exact) mass is 228 g/mol. The van der Waals surface area contributed by atoms with Crippen molar-refractivity contribution in [2.75, 3.05) is 13.2 Å². The van der Waals surface area contributed by atoms with Crippen LogP contribution in [0.2, 0.25) is 0 Å². The van der Waals surface area contributed by atoms with Gasteiger partial charge in [0.15, 0.2) is 0 Å².